The molecule has 0 bridgehead atoms. The molecule has 0 aliphatic carbocycles. The molecule has 4 nitrogen and oxygen atoms in total. The van der Waals surface area contributed by atoms with Gasteiger partial charge in [-0.15, -0.1) is 11.8 Å². The van der Waals surface area contributed by atoms with Gasteiger partial charge in [-0.2, -0.15) is 13.2 Å². The summed E-state index contributed by atoms with van der Waals surface area (Å²) >= 11 is 7.19. The SMILES string of the molecule is CSc1ccc(-c2cccc(CNC(=O)Nc3ccc(Cl)c(C(F)(F)F)c3)c2)nc1. The van der Waals surface area contributed by atoms with Crippen molar-refractivity contribution in [3.8, 4) is 11.3 Å². The maximum Gasteiger partial charge on any atom is 0.417 e. The number of carbonyl (C=O) groups excluding carboxylic acids is 1. The summed E-state index contributed by atoms with van der Waals surface area (Å²) in [5.74, 6) is 0. The number of hydrogen-bond acceptors (Lipinski definition) is 3. The van der Waals surface area contributed by atoms with Crippen molar-refractivity contribution >= 4 is 35.1 Å². The van der Waals surface area contributed by atoms with Gasteiger partial charge < -0.3 is 10.6 Å². The zero-order valence-corrected chi connectivity index (χ0v) is 17.3. The van der Waals surface area contributed by atoms with Crippen molar-refractivity contribution in [3.63, 3.8) is 0 Å². The van der Waals surface area contributed by atoms with E-state index in [9.17, 15) is 18.0 Å². The molecule has 0 radical (unpaired) electrons. The minimum Gasteiger partial charge on any atom is -0.334 e. The molecule has 0 spiro atoms. The molecule has 3 aromatic rings. The zero-order chi connectivity index (χ0) is 21.7. The van der Waals surface area contributed by atoms with Gasteiger partial charge >= 0.3 is 12.2 Å². The zero-order valence-electron chi connectivity index (χ0n) is 15.8. The van der Waals surface area contributed by atoms with E-state index in [0.717, 1.165) is 33.8 Å². The number of benzene rings is 2. The molecule has 9 heteroatoms. The number of alkyl halides is 3. The Balaban J connectivity index is 1.64. The van der Waals surface area contributed by atoms with Crippen molar-refractivity contribution in [1.29, 1.82) is 0 Å². The maximum atomic E-state index is 12.9. The van der Waals surface area contributed by atoms with E-state index in [1.807, 2.05) is 42.7 Å². The van der Waals surface area contributed by atoms with Crippen LogP contribution < -0.4 is 10.6 Å². The number of nitrogens with one attached hydrogen (secondary N) is 2. The minimum atomic E-state index is -4.60. The summed E-state index contributed by atoms with van der Waals surface area (Å²) < 4.78 is 38.8. The van der Waals surface area contributed by atoms with E-state index in [-0.39, 0.29) is 12.2 Å². The monoisotopic (exact) mass is 451 g/mol. The Morgan fingerprint density at radius 3 is 2.60 bits per heavy atom. The molecule has 2 N–H and O–H groups in total. The van der Waals surface area contributed by atoms with Crippen molar-refractivity contribution < 1.29 is 18.0 Å². The standard InChI is InChI=1S/C21H17ClF3N3OS/c1-30-16-6-8-19(26-12-16)14-4-2-3-13(9-14)11-27-20(29)28-15-5-7-18(22)17(10-15)21(23,24)25/h2-10,12H,11H2,1H3,(H2,27,28,29). The Hall–Kier alpha value is -2.71. The number of urea groups is 1. The Bertz CT molecular complexity index is 1040. The molecule has 0 fully saturated rings. The molecule has 156 valence electrons. The van der Waals surface area contributed by atoms with Crippen LogP contribution in [0.2, 0.25) is 5.02 Å². The number of rotatable bonds is 5. The largest absolute Gasteiger partial charge is 0.417 e. The van der Waals surface area contributed by atoms with Gasteiger partial charge in [0.15, 0.2) is 0 Å². The fraction of sp³-hybridized carbons (Fsp3) is 0.143. The number of carbonyl (C=O) groups is 1. The highest BCUT2D eigenvalue weighted by Gasteiger charge is 2.33. The van der Waals surface area contributed by atoms with Crippen LogP contribution in [0.3, 0.4) is 0 Å². The van der Waals surface area contributed by atoms with Crippen LogP contribution in [0.5, 0.6) is 0 Å². The first-order valence-corrected chi connectivity index (χ1v) is 10.4. The molecule has 0 aliphatic heterocycles. The molecule has 0 aliphatic rings. The molecule has 0 saturated carbocycles. The van der Waals surface area contributed by atoms with E-state index in [1.54, 1.807) is 18.0 Å². The number of amides is 2. The number of pyridine rings is 1. The first-order valence-electron chi connectivity index (χ1n) is 8.77. The van der Waals surface area contributed by atoms with Crippen LogP contribution in [-0.2, 0) is 12.7 Å². The van der Waals surface area contributed by atoms with Crippen molar-refractivity contribution in [2.45, 2.75) is 17.6 Å². The Morgan fingerprint density at radius 1 is 1.13 bits per heavy atom. The van der Waals surface area contributed by atoms with Gasteiger partial charge in [0, 0.05) is 28.9 Å². The van der Waals surface area contributed by atoms with Crippen molar-refractivity contribution in [2.75, 3.05) is 11.6 Å². The Morgan fingerprint density at radius 2 is 1.93 bits per heavy atom. The van der Waals surface area contributed by atoms with Crippen molar-refractivity contribution in [2.24, 2.45) is 0 Å². The average molecular weight is 452 g/mol. The van der Waals surface area contributed by atoms with Gasteiger partial charge in [0.1, 0.15) is 0 Å². The summed E-state index contributed by atoms with van der Waals surface area (Å²) in [5, 5.41) is 4.59. The average Bonchev–Trinajstić information content (AvgIpc) is 2.73. The number of aromatic nitrogens is 1. The number of nitrogens with zero attached hydrogens (tertiary/aromatic N) is 1. The Labute approximate surface area is 180 Å². The maximum absolute atomic E-state index is 12.9. The van der Waals surface area contributed by atoms with E-state index < -0.39 is 22.8 Å². The highest BCUT2D eigenvalue weighted by molar-refractivity contribution is 7.98. The molecule has 0 unspecified atom stereocenters. The van der Waals surface area contributed by atoms with Crippen molar-refractivity contribution in [1.82, 2.24) is 10.3 Å². The Kier molecular flexibility index (Phi) is 6.89. The molecular formula is C21H17ClF3N3OS. The van der Waals surface area contributed by atoms with Gasteiger partial charge in [0.2, 0.25) is 0 Å². The van der Waals surface area contributed by atoms with E-state index >= 15 is 0 Å². The van der Waals surface area contributed by atoms with Gasteiger partial charge in [-0.05, 0) is 48.2 Å². The summed E-state index contributed by atoms with van der Waals surface area (Å²) in [4.78, 5) is 17.6. The van der Waals surface area contributed by atoms with Crippen LogP contribution in [0.4, 0.5) is 23.7 Å². The first-order chi connectivity index (χ1) is 14.3. The lowest BCUT2D eigenvalue weighted by Gasteiger charge is -2.12. The third-order valence-corrected chi connectivity index (χ3v) is 5.22. The highest BCUT2D eigenvalue weighted by Crippen LogP contribution is 2.36. The first kappa shape index (κ1) is 22.0. The van der Waals surface area contributed by atoms with Gasteiger partial charge in [-0.1, -0.05) is 29.8 Å². The van der Waals surface area contributed by atoms with Crippen LogP contribution in [0, 0.1) is 0 Å². The normalized spacial score (nSPS) is 11.2. The molecular weight excluding hydrogens is 435 g/mol. The molecule has 0 saturated heterocycles. The number of thioether (sulfide) groups is 1. The van der Waals surface area contributed by atoms with E-state index in [1.165, 1.54) is 6.07 Å². The molecule has 1 heterocycles. The van der Waals surface area contributed by atoms with Gasteiger partial charge in [0.25, 0.3) is 0 Å². The fourth-order valence-electron chi connectivity index (χ4n) is 2.69. The molecule has 2 aromatic carbocycles. The van der Waals surface area contributed by atoms with Crippen LogP contribution in [0.15, 0.2) is 65.7 Å². The van der Waals surface area contributed by atoms with Gasteiger partial charge in [0.05, 0.1) is 16.3 Å². The summed E-state index contributed by atoms with van der Waals surface area (Å²) in [5.41, 5.74) is 1.52. The lowest BCUT2D eigenvalue weighted by Crippen LogP contribution is -2.28. The van der Waals surface area contributed by atoms with E-state index in [2.05, 4.69) is 15.6 Å². The van der Waals surface area contributed by atoms with Crippen LogP contribution >= 0.6 is 23.4 Å². The van der Waals surface area contributed by atoms with Crippen molar-refractivity contribution in [3.05, 3.63) is 76.9 Å². The summed E-state index contributed by atoms with van der Waals surface area (Å²) in [7, 11) is 0. The number of halogens is 4. The molecule has 0 atom stereocenters. The van der Waals surface area contributed by atoms with E-state index in [0.29, 0.717) is 0 Å². The van der Waals surface area contributed by atoms with E-state index in [4.69, 9.17) is 11.6 Å². The topological polar surface area (TPSA) is 54.0 Å². The quantitative estimate of drug-likeness (QED) is 0.437. The highest BCUT2D eigenvalue weighted by atomic mass is 35.5. The second-order valence-electron chi connectivity index (χ2n) is 6.28. The predicted molar refractivity (Wildman–Crippen MR) is 114 cm³/mol. The number of anilines is 1. The smallest absolute Gasteiger partial charge is 0.334 e. The summed E-state index contributed by atoms with van der Waals surface area (Å²) in [6.45, 7) is 0.197. The summed E-state index contributed by atoms with van der Waals surface area (Å²) in [6, 6.07) is 14.0. The second-order valence-corrected chi connectivity index (χ2v) is 7.57. The van der Waals surface area contributed by atoms with Crippen LogP contribution in [-0.4, -0.2) is 17.3 Å². The number of hydrogen-bond donors (Lipinski definition) is 2. The predicted octanol–water partition coefficient (Wildman–Crippen LogP) is 6.46. The summed E-state index contributed by atoms with van der Waals surface area (Å²) in [6.07, 6.45) is -0.838. The molecule has 1 aromatic heterocycles. The molecule has 2 amide bonds. The van der Waals surface area contributed by atoms with Crippen LogP contribution in [0.25, 0.3) is 11.3 Å². The molecule has 30 heavy (non-hydrogen) atoms. The minimum absolute atomic E-state index is 0.00365. The third-order valence-electron chi connectivity index (χ3n) is 4.18. The molecule has 3 rings (SSSR count). The van der Waals surface area contributed by atoms with Crippen LogP contribution in [0.1, 0.15) is 11.1 Å². The fourth-order valence-corrected chi connectivity index (χ4v) is 3.28. The van der Waals surface area contributed by atoms with Gasteiger partial charge in [-0.3, -0.25) is 4.98 Å². The van der Waals surface area contributed by atoms with Gasteiger partial charge in [-0.25, -0.2) is 4.79 Å². The lowest BCUT2D eigenvalue weighted by atomic mass is 10.1. The lowest BCUT2D eigenvalue weighted by molar-refractivity contribution is -0.137. The third kappa shape index (κ3) is 5.67. The second kappa shape index (κ2) is 9.40.